The molecule has 1 fully saturated rings. The molecule has 1 aliphatic rings. The van der Waals surface area contributed by atoms with Crippen LogP contribution in [-0.4, -0.2) is 19.7 Å². The van der Waals surface area contributed by atoms with Gasteiger partial charge in [-0.15, -0.1) is 0 Å². The van der Waals surface area contributed by atoms with E-state index in [0.29, 0.717) is 12.0 Å². The molecule has 21 heavy (non-hydrogen) atoms. The summed E-state index contributed by atoms with van der Waals surface area (Å²) in [7, 11) is 1.81. The zero-order valence-corrected chi connectivity index (χ0v) is 14.3. The smallest absolute Gasteiger partial charge is 0.125 e. The van der Waals surface area contributed by atoms with Gasteiger partial charge in [0.05, 0.1) is 7.11 Å². The van der Waals surface area contributed by atoms with Gasteiger partial charge in [0.15, 0.2) is 0 Å². The van der Waals surface area contributed by atoms with E-state index in [4.69, 9.17) is 4.74 Å². The molecule has 0 aliphatic heterocycles. The first-order chi connectivity index (χ1) is 10.0. The van der Waals surface area contributed by atoms with Crippen LogP contribution in [0, 0.1) is 19.8 Å². The number of hydrogen-bond acceptors (Lipinski definition) is 2. The van der Waals surface area contributed by atoms with Crippen molar-refractivity contribution in [2.45, 2.75) is 65.3 Å². The van der Waals surface area contributed by atoms with E-state index < -0.39 is 0 Å². The lowest BCUT2D eigenvalue weighted by atomic mass is 9.74. The molecule has 2 heteroatoms. The first-order valence-electron chi connectivity index (χ1n) is 8.42. The van der Waals surface area contributed by atoms with Crippen LogP contribution in [0.3, 0.4) is 0 Å². The summed E-state index contributed by atoms with van der Waals surface area (Å²) in [5, 5.41) is 3.64. The van der Waals surface area contributed by atoms with E-state index in [1.54, 1.807) is 0 Å². The quantitative estimate of drug-likeness (QED) is 0.856. The molecule has 1 N–H and O–H groups in total. The first kappa shape index (κ1) is 16.4. The third kappa shape index (κ3) is 3.79. The summed E-state index contributed by atoms with van der Waals surface area (Å²) >= 11 is 0. The average molecular weight is 289 g/mol. The standard InChI is InChI=1S/C19H31NO/c1-13(2)20-12-16-8-6-7-9-17(16)18-11-10-14(3)15(4)19(18)21-5/h10-11,13,16-17,20H,6-9,12H2,1-5H3. The van der Waals surface area contributed by atoms with Crippen molar-refractivity contribution in [3.63, 3.8) is 0 Å². The van der Waals surface area contributed by atoms with Crippen LogP contribution in [0.4, 0.5) is 0 Å². The number of rotatable bonds is 5. The second kappa shape index (κ2) is 7.31. The Balaban J connectivity index is 2.26. The molecule has 118 valence electrons. The lowest BCUT2D eigenvalue weighted by Crippen LogP contribution is -2.33. The second-order valence-corrected chi connectivity index (χ2v) is 6.84. The van der Waals surface area contributed by atoms with Gasteiger partial charge in [0.1, 0.15) is 5.75 Å². The van der Waals surface area contributed by atoms with Crippen LogP contribution in [0.2, 0.25) is 0 Å². The summed E-state index contributed by atoms with van der Waals surface area (Å²) in [4.78, 5) is 0. The van der Waals surface area contributed by atoms with Crippen LogP contribution >= 0.6 is 0 Å². The maximum absolute atomic E-state index is 5.76. The molecule has 1 saturated carbocycles. The Bertz CT molecular complexity index is 467. The Morgan fingerprint density at radius 2 is 1.90 bits per heavy atom. The number of benzene rings is 1. The number of nitrogens with one attached hydrogen (secondary N) is 1. The predicted molar refractivity (Wildman–Crippen MR) is 90.3 cm³/mol. The third-order valence-corrected chi connectivity index (χ3v) is 5.01. The normalized spacial score (nSPS) is 22.6. The maximum Gasteiger partial charge on any atom is 0.125 e. The van der Waals surface area contributed by atoms with Crippen molar-refractivity contribution in [3.8, 4) is 5.75 Å². The monoisotopic (exact) mass is 289 g/mol. The zero-order valence-electron chi connectivity index (χ0n) is 14.3. The van der Waals surface area contributed by atoms with Gasteiger partial charge in [0.25, 0.3) is 0 Å². The fraction of sp³-hybridized carbons (Fsp3) is 0.684. The van der Waals surface area contributed by atoms with Gasteiger partial charge in [0.2, 0.25) is 0 Å². The molecular weight excluding hydrogens is 258 g/mol. The lowest BCUT2D eigenvalue weighted by Gasteiger charge is -2.34. The van der Waals surface area contributed by atoms with Gasteiger partial charge in [-0.1, -0.05) is 38.8 Å². The van der Waals surface area contributed by atoms with E-state index in [9.17, 15) is 0 Å². The molecule has 0 radical (unpaired) electrons. The molecule has 2 atom stereocenters. The molecule has 0 saturated heterocycles. The van der Waals surface area contributed by atoms with E-state index >= 15 is 0 Å². The highest BCUT2D eigenvalue weighted by atomic mass is 16.5. The highest BCUT2D eigenvalue weighted by Gasteiger charge is 2.29. The van der Waals surface area contributed by atoms with Crippen molar-refractivity contribution in [1.29, 1.82) is 0 Å². The molecule has 1 aliphatic carbocycles. The van der Waals surface area contributed by atoms with E-state index in [-0.39, 0.29) is 0 Å². The minimum absolute atomic E-state index is 0.564. The van der Waals surface area contributed by atoms with Crippen LogP contribution in [0.1, 0.15) is 62.1 Å². The molecule has 0 heterocycles. The van der Waals surface area contributed by atoms with E-state index in [1.807, 2.05) is 7.11 Å². The molecule has 0 bridgehead atoms. The number of methoxy groups -OCH3 is 1. The Morgan fingerprint density at radius 3 is 2.57 bits per heavy atom. The summed E-state index contributed by atoms with van der Waals surface area (Å²) in [5.41, 5.74) is 4.05. The molecule has 0 amide bonds. The van der Waals surface area contributed by atoms with Crippen LogP contribution < -0.4 is 10.1 Å². The fourth-order valence-electron chi connectivity index (χ4n) is 3.62. The number of ether oxygens (including phenoxy) is 1. The van der Waals surface area contributed by atoms with Crippen molar-refractivity contribution in [1.82, 2.24) is 5.32 Å². The Morgan fingerprint density at radius 1 is 1.19 bits per heavy atom. The topological polar surface area (TPSA) is 21.3 Å². The van der Waals surface area contributed by atoms with Gasteiger partial charge >= 0.3 is 0 Å². The predicted octanol–water partition coefficient (Wildman–Crippen LogP) is 4.58. The van der Waals surface area contributed by atoms with E-state index in [1.165, 1.54) is 42.4 Å². The highest BCUT2D eigenvalue weighted by molar-refractivity contribution is 5.47. The second-order valence-electron chi connectivity index (χ2n) is 6.84. The van der Waals surface area contributed by atoms with Crippen molar-refractivity contribution < 1.29 is 4.74 Å². The van der Waals surface area contributed by atoms with Crippen LogP contribution in [0.15, 0.2) is 12.1 Å². The van der Waals surface area contributed by atoms with Gasteiger partial charge < -0.3 is 10.1 Å². The van der Waals surface area contributed by atoms with E-state index in [2.05, 4.69) is 45.1 Å². The molecule has 0 spiro atoms. The largest absolute Gasteiger partial charge is 0.496 e. The van der Waals surface area contributed by atoms with Gasteiger partial charge in [-0.3, -0.25) is 0 Å². The van der Waals surface area contributed by atoms with Crippen molar-refractivity contribution in [2.75, 3.05) is 13.7 Å². The lowest BCUT2D eigenvalue weighted by molar-refractivity contribution is 0.282. The molecule has 0 aromatic heterocycles. The van der Waals surface area contributed by atoms with Crippen LogP contribution in [-0.2, 0) is 0 Å². The molecular formula is C19H31NO. The average Bonchev–Trinajstić information content (AvgIpc) is 2.48. The summed E-state index contributed by atoms with van der Waals surface area (Å²) in [6.07, 6.45) is 5.34. The SMILES string of the molecule is COc1c(C2CCCCC2CNC(C)C)ccc(C)c1C. The molecule has 2 rings (SSSR count). The molecule has 1 aromatic rings. The van der Waals surface area contributed by atoms with Crippen molar-refractivity contribution >= 4 is 0 Å². The molecule has 2 nitrogen and oxygen atoms in total. The minimum Gasteiger partial charge on any atom is -0.496 e. The van der Waals surface area contributed by atoms with Gasteiger partial charge in [-0.2, -0.15) is 0 Å². The maximum atomic E-state index is 5.76. The minimum atomic E-state index is 0.564. The van der Waals surface area contributed by atoms with Crippen LogP contribution in [0.5, 0.6) is 5.75 Å². The molecule has 1 aromatic carbocycles. The summed E-state index contributed by atoms with van der Waals surface area (Å²) in [5.74, 6) is 2.49. The number of hydrogen-bond donors (Lipinski definition) is 1. The summed E-state index contributed by atoms with van der Waals surface area (Å²) < 4.78 is 5.76. The zero-order chi connectivity index (χ0) is 15.4. The Kier molecular flexibility index (Phi) is 5.69. The third-order valence-electron chi connectivity index (χ3n) is 5.01. The highest BCUT2D eigenvalue weighted by Crippen LogP contribution is 2.42. The van der Waals surface area contributed by atoms with Gasteiger partial charge in [-0.05, 0) is 61.8 Å². The summed E-state index contributed by atoms with van der Waals surface area (Å²) in [6.45, 7) is 9.93. The summed E-state index contributed by atoms with van der Waals surface area (Å²) in [6, 6.07) is 5.13. The Hall–Kier alpha value is -1.02. The van der Waals surface area contributed by atoms with Gasteiger partial charge in [-0.25, -0.2) is 0 Å². The first-order valence-corrected chi connectivity index (χ1v) is 8.42. The van der Waals surface area contributed by atoms with E-state index in [0.717, 1.165) is 18.2 Å². The Labute approximate surface area is 130 Å². The number of aryl methyl sites for hydroxylation is 1. The van der Waals surface area contributed by atoms with Crippen LogP contribution in [0.25, 0.3) is 0 Å². The van der Waals surface area contributed by atoms with Gasteiger partial charge in [0, 0.05) is 6.04 Å². The van der Waals surface area contributed by atoms with Crippen molar-refractivity contribution in [3.05, 3.63) is 28.8 Å². The fourth-order valence-corrected chi connectivity index (χ4v) is 3.62. The van der Waals surface area contributed by atoms with Crippen molar-refractivity contribution in [2.24, 2.45) is 5.92 Å². The molecule has 2 unspecified atom stereocenters.